The zero-order chi connectivity index (χ0) is 17.9. The van der Waals surface area contributed by atoms with E-state index in [9.17, 15) is 18.4 Å². The molecule has 0 heterocycles. The summed E-state index contributed by atoms with van der Waals surface area (Å²) in [6.07, 6.45) is 3.04. The molecule has 0 aromatic heterocycles. The van der Waals surface area contributed by atoms with Crippen LogP contribution in [0.2, 0.25) is 0 Å². The fraction of sp³-hybridized carbons (Fsp3) is 0.300. The molecule has 0 amide bonds. The zero-order valence-corrected chi connectivity index (χ0v) is 14.0. The number of ketones is 1. The molecule has 0 spiro atoms. The first kappa shape index (κ1) is 19.7. The number of benzene rings is 2. The van der Waals surface area contributed by atoms with Gasteiger partial charge in [-0.15, -0.1) is 0 Å². The van der Waals surface area contributed by atoms with Gasteiger partial charge in [-0.2, -0.15) is 0 Å². The van der Waals surface area contributed by atoms with Crippen molar-refractivity contribution in [1.82, 2.24) is 0 Å². The van der Waals surface area contributed by atoms with E-state index >= 15 is 0 Å². The van der Waals surface area contributed by atoms with Gasteiger partial charge in [-0.05, 0) is 49.7 Å². The standard InChI is InChI=1S/C13H15FO2.C7H7F/c1-2-3-4-11(9-15)13(16)10-5-7-12(14)8-6-10;1-6-2-4-7(8)5-3-6/h5-9,11H,2-4H2,1H3;2-5H,1H3. The maximum atomic E-state index is 12.7. The number of aryl methyl sites for hydroxylation is 1. The molecule has 0 N–H and O–H groups in total. The van der Waals surface area contributed by atoms with Gasteiger partial charge in [0.25, 0.3) is 0 Å². The van der Waals surface area contributed by atoms with Crippen LogP contribution in [0, 0.1) is 24.5 Å². The summed E-state index contributed by atoms with van der Waals surface area (Å²) in [5.41, 5.74) is 1.49. The minimum atomic E-state index is -0.592. The predicted octanol–water partition coefficient (Wildman–Crippen LogP) is 5.15. The number of hydrogen-bond acceptors (Lipinski definition) is 2. The summed E-state index contributed by atoms with van der Waals surface area (Å²) >= 11 is 0. The molecule has 2 rings (SSSR count). The van der Waals surface area contributed by atoms with Gasteiger partial charge in [0.15, 0.2) is 5.78 Å². The van der Waals surface area contributed by atoms with E-state index in [-0.39, 0.29) is 17.4 Å². The van der Waals surface area contributed by atoms with Crippen LogP contribution in [0.25, 0.3) is 0 Å². The number of carbonyl (C=O) groups is 2. The molecule has 0 radical (unpaired) electrons. The van der Waals surface area contributed by atoms with Gasteiger partial charge in [-0.3, -0.25) is 4.79 Å². The third-order valence-electron chi connectivity index (χ3n) is 3.51. The molecule has 0 aliphatic rings. The summed E-state index contributed by atoms with van der Waals surface area (Å²) in [7, 11) is 0. The van der Waals surface area contributed by atoms with Crippen molar-refractivity contribution >= 4 is 12.1 Å². The highest BCUT2D eigenvalue weighted by molar-refractivity contribution is 6.05. The van der Waals surface area contributed by atoms with Gasteiger partial charge >= 0.3 is 0 Å². The fourth-order valence-electron chi connectivity index (χ4n) is 2.05. The molecule has 2 nitrogen and oxygen atoms in total. The van der Waals surface area contributed by atoms with Crippen LogP contribution in [-0.4, -0.2) is 12.1 Å². The summed E-state index contributed by atoms with van der Waals surface area (Å²) in [6, 6.07) is 11.7. The van der Waals surface area contributed by atoms with Crippen molar-refractivity contribution in [2.75, 3.05) is 0 Å². The van der Waals surface area contributed by atoms with E-state index in [4.69, 9.17) is 0 Å². The normalized spacial score (nSPS) is 11.2. The lowest BCUT2D eigenvalue weighted by Gasteiger charge is -2.08. The van der Waals surface area contributed by atoms with Gasteiger partial charge in [-0.25, -0.2) is 8.78 Å². The van der Waals surface area contributed by atoms with Crippen molar-refractivity contribution in [3.05, 3.63) is 71.3 Å². The molecule has 0 bridgehead atoms. The van der Waals surface area contributed by atoms with Crippen LogP contribution < -0.4 is 0 Å². The van der Waals surface area contributed by atoms with Crippen molar-refractivity contribution in [1.29, 1.82) is 0 Å². The summed E-state index contributed by atoms with van der Waals surface area (Å²) in [5, 5.41) is 0. The molecule has 2 aromatic carbocycles. The summed E-state index contributed by atoms with van der Waals surface area (Å²) in [4.78, 5) is 22.6. The number of halogens is 2. The first-order chi connectivity index (χ1) is 11.5. The predicted molar refractivity (Wildman–Crippen MR) is 90.9 cm³/mol. The van der Waals surface area contributed by atoms with Crippen LogP contribution in [0.4, 0.5) is 8.78 Å². The van der Waals surface area contributed by atoms with E-state index in [2.05, 4.69) is 0 Å². The van der Waals surface area contributed by atoms with Crippen molar-refractivity contribution in [2.24, 2.45) is 5.92 Å². The second-order valence-corrected chi connectivity index (χ2v) is 5.55. The van der Waals surface area contributed by atoms with Crippen LogP contribution in [0.5, 0.6) is 0 Å². The van der Waals surface area contributed by atoms with Crippen molar-refractivity contribution in [3.63, 3.8) is 0 Å². The van der Waals surface area contributed by atoms with Gasteiger partial charge < -0.3 is 4.79 Å². The first-order valence-electron chi connectivity index (χ1n) is 7.95. The maximum Gasteiger partial charge on any atom is 0.173 e. The number of carbonyl (C=O) groups excluding carboxylic acids is 2. The lowest BCUT2D eigenvalue weighted by molar-refractivity contribution is -0.110. The van der Waals surface area contributed by atoms with E-state index < -0.39 is 5.92 Å². The molecule has 0 saturated heterocycles. The highest BCUT2D eigenvalue weighted by atomic mass is 19.1. The van der Waals surface area contributed by atoms with Crippen LogP contribution in [0.3, 0.4) is 0 Å². The Kier molecular flexibility index (Phi) is 8.55. The van der Waals surface area contributed by atoms with Crippen LogP contribution in [-0.2, 0) is 4.79 Å². The summed E-state index contributed by atoms with van der Waals surface area (Å²) < 4.78 is 24.7. The number of aldehydes is 1. The van der Waals surface area contributed by atoms with Crippen LogP contribution in [0.1, 0.15) is 42.1 Å². The number of Topliss-reactive ketones (excluding diaryl/α,β-unsaturated/α-hetero) is 1. The Morgan fingerprint density at radius 2 is 1.50 bits per heavy atom. The molecular weight excluding hydrogens is 310 g/mol. The molecule has 0 fully saturated rings. The summed E-state index contributed by atoms with van der Waals surface area (Å²) in [6.45, 7) is 3.93. The molecule has 1 atom stereocenters. The molecule has 128 valence electrons. The van der Waals surface area contributed by atoms with Crippen LogP contribution in [0.15, 0.2) is 48.5 Å². The van der Waals surface area contributed by atoms with E-state index in [1.165, 1.54) is 36.4 Å². The summed E-state index contributed by atoms with van der Waals surface area (Å²) in [5.74, 6) is -1.36. The number of rotatable bonds is 6. The van der Waals surface area contributed by atoms with Gasteiger partial charge in [0.1, 0.15) is 17.9 Å². The number of unbranched alkanes of at least 4 members (excludes halogenated alkanes) is 1. The molecule has 24 heavy (non-hydrogen) atoms. The van der Waals surface area contributed by atoms with E-state index in [0.717, 1.165) is 18.4 Å². The fourth-order valence-corrected chi connectivity index (χ4v) is 2.05. The minimum absolute atomic E-state index is 0.171. The van der Waals surface area contributed by atoms with Gasteiger partial charge in [0, 0.05) is 5.56 Å². The topological polar surface area (TPSA) is 34.1 Å². The third-order valence-corrected chi connectivity index (χ3v) is 3.51. The van der Waals surface area contributed by atoms with Crippen molar-refractivity contribution in [3.8, 4) is 0 Å². The molecule has 2 aromatic rings. The Morgan fingerprint density at radius 1 is 1.00 bits per heavy atom. The minimum Gasteiger partial charge on any atom is -0.303 e. The van der Waals surface area contributed by atoms with Gasteiger partial charge in [0.05, 0.1) is 5.92 Å². The van der Waals surface area contributed by atoms with E-state index in [1.54, 1.807) is 12.1 Å². The molecule has 0 aliphatic carbocycles. The van der Waals surface area contributed by atoms with Gasteiger partial charge in [-0.1, -0.05) is 37.5 Å². The van der Waals surface area contributed by atoms with Crippen molar-refractivity contribution < 1.29 is 18.4 Å². The lowest BCUT2D eigenvalue weighted by atomic mass is 9.94. The second kappa shape index (κ2) is 10.4. The molecule has 4 heteroatoms. The van der Waals surface area contributed by atoms with Crippen LogP contribution >= 0.6 is 0 Å². The molecule has 0 aliphatic heterocycles. The van der Waals surface area contributed by atoms with E-state index in [1.807, 2.05) is 13.8 Å². The highest BCUT2D eigenvalue weighted by Crippen LogP contribution is 2.14. The Bertz CT molecular complexity index is 613. The molecule has 1 unspecified atom stereocenters. The highest BCUT2D eigenvalue weighted by Gasteiger charge is 2.18. The Morgan fingerprint density at radius 3 is 1.92 bits per heavy atom. The monoisotopic (exact) mass is 332 g/mol. The van der Waals surface area contributed by atoms with Crippen molar-refractivity contribution in [2.45, 2.75) is 33.1 Å². The molecule has 0 saturated carbocycles. The average molecular weight is 332 g/mol. The Balaban J connectivity index is 0.000000300. The molecular formula is C20H22F2O2. The smallest absolute Gasteiger partial charge is 0.173 e. The SMILES string of the molecule is CCCCC(C=O)C(=O)c1ccc(F)cc1.Cc1ccc(F)cc1. The average Bonchev–Trinajstić information content (AvgIpc) is 2.59. The lowest BCUT2D eigenvalue weighted by Crippen LogP contribution is -2.16. The Hall–Kier alpha value is -2.36. The van der Waals surface area contributed by atoms with E-state index in [0.29, 0.717) is 18.3 Å². The third kappa shape index (κ3) is 6.82. The first-order valence-corrected chi connectivity index (χ1v) is 7.95. The van der Waals surface area contributed by atoms with Gasteiger partial charge in [0.2, 0.25) is 0 Å². The number of hydrogen-bond donors (Lipinski definition) is 0. The second-order valence-electron chi connectivity index (χ2n) is 5.55. The maximum absolute atomic E-state index is 12.7. The largest absolute Gasteiger partial charge is 0.303 e. The quantitative estimate of drug-likeness (QED) is 0.416. The Labute approximate surface area is 141 Å². The zero-order valence-electron chi connectivity index (χ0n) is 14.0.